The number of hydrogen-bond acceptors (Lipinski definition) is 2. The Kier molecular flexibility index (Phi) is 3.76. The SMILES string of the molecule is CC1CCC(NC(=O)CC2(CN)CCC2)C1C. The normalized spacial score (nSPS) is 35.4. The highest BCUT2D eigenvalue weighted by atomic mass is 16.1. The van der Waals surface area contributed by atoms with Crippen molar-refractivity contribution in [2.45, 2.75) is 58.4 Å². The summed E-state index contributed by atoms with van der Waals surface area (Å²) in [4.78, 5) is 12.1. The summed E-state index contributed by atoms with van der Waals surface area (Å²) in [7, 11) is 0. The second-order valence-electron chi connectivity index (χ2n) is 6.32. The summed E-state index contributed by atoms with van der Waals surface area (Å²) in [6.07, 6.45) is 6.53. The first-order chi connectivity index (χ1) is 8.06. The van der Waals surface area contributed by atoms with Crippen molar-refractivity contribution in [2.75, 3.05) is 6.54 Å². The third-order valence-electron chi connectivity index (χ3n) is 5.19. The van der Waals surface area contributed by atoms with Crippen LogP contribution in [0.1, 0.15) is 52.4 Å². The molecule has 0 aromatic carbocycles. The van der Waals surface area contributed by atoms with Crippen molar-refractivity contribution < 1.29 is 4.79 Å². The zero-order valence-electron chi connectivity index (χ0n) is 11.2. The molecule has 0 radical (unpaired) electrons. The van der Waals surface area contributed by atoms with Gasteiger partial charge in [0.05, 0.1) is 0 Å². The van der Waals surface area contributed by atoms with Gasteiger partial charge in [-0.25, -0.2) is 0 Å². The van der Waals surface area contributed by atoms with Crippen molar-refractivity contribution in [1.29, 1.82) is 0 Å². The van der Waals surface area contributed by atoms with Crippen LogP contribution in [0, 0.1) is 17.3 Å². The van der Waals surface area contributed by atoms with Gasteiger partial charge in [-0.05, 0) is 49.5 Å². The number of carbonyl (C=O) groups excluding carboxylic acids is 1. The van der Waals surface area contributed by atoms with E-state index in [4.69, 9.17) is 5.73 Å². The van der Waals surface area contributed by atoms with Crippen molar-refractivity contribution >= 4 is 5.91 Å². The molecular formula is C14H26N2O. The lowest BCUT2D eigenvalue weighted by molar-refractivity contribution is -0.125. The minimum atomic E-state index is 0.136. The monoisotopic (exact) mass is 238 g/mol. The van der Waals surface area contributed by atoms with Gasteiger partial charge in [0.15, 0.2) is 0 Å². The Hall–Kier alpha value is -0.570. The van der Waals surface area contributed by atoms with Crippen LogP contribution in [-0.4, -0.2) is 18.5 Å². The minimum Gasteiger partial charge on any atom is -0.353 e. The van der Waals surface area contributed by atoms with Gasteiger partial charge < -0.3 is 11.1 Å². The van der Waals surface area contributed by atoms with Gasteiger partial charge in [0.25, 0.3) is 0 Å². The fourth-order valence-corrected chi connectivity index (χ4v) is 3.30. The summed E-state index contributed by atoms with van der Waals surface area (Å²) in [6.45, 7) is 5.20. The average Bonchev–Trinajstić information content (AvgIpc) is 2.55. The van der Waals surface area contributed by atoms with E-state index in [1.807, 2.05) is 0 Å². The average molecular weight is 238 g/mol. The zero-order valence-corrected chi connectivity index (χ0v) is 11.2. The summed E-state index contributed by atoms with van der Waals surface area (Å²) in [5.74, 6) is 1.59. The molecule has 0 heterocycles. The Morgan fingerprint density at radius 1 is 1.35 bits per heavy atom. The molecule has 17 heavy (non-hydrogen) atoms. The quantitative estimate of drug-likeness (QED) is 0.787. The van der Waals surface area contributed by atoms with Crippen molar-refractivity contribution in [2.24, 2.45) is 23.0 Å². The van der Waals surface area contributed by atoms with Crippen LogP contribution < -0.4 is 11.1 Å². The molecule has 2 fully saturated rings. The van der Waals surface area contributed by atoms with Crippen molar-refractivity contribution in [3.05, 3.63) is 0 Å². The Labute approximate surface area is 105 Å². The molecule has 0 bridgehead atoms. The number of nitrogens with one attached hydrogen (secondary N) is 1. The van der Waals surface area contributed by atoms with Gasteiger partial charge in [0.2, 0.25) is 5.91 Å². The Morgan fingerprint density at radius 3 is 2.47 bits per heavy atom. The molecular weight excluding hydrogens is 212 g/mol. The smallest absolute Gasteiger partial charge is 0.220 e. The molecule has 3 nitrogen and oxygen atoms in total. The first-order valence-corrected chi connectivity index (χ1v) is 7.06. The van der Waals surface area contributed by atoms with Gasteiger partial charge in [0, 0.05) is 12.5 Å². The van der Waals surface area contributed by atoms with E-state index < -0.39 is 0 Å². The molecule has 0 spiro atoms. The van der Waals surface area contributed by atoms with Crippen LogP contribution in [0.2, 0.25) is 0 Å². The van der Waals surface area contributed by atoms with Crippen molar-refractivity contribution in [1.82, 2.24) is 5.32 Å². The molecule has 0 saturated heterocycles. The lowest BCUT2D eigenvalue weighted by Gasteiger charge is -2.40. The van der Waals surface area contributed by atoms with Crippen LogP contribution >= 0.6 is 0 Å². The molecule has 3 N–H and O–H groups in total. The molecule has 98 valence electrons. The summed E-state index contributed by atoms with van der Waals surface area (Å²) in [6, 6.07) is 0.396. The van der Waals surface area contributed by atoms with E-state index >= 15 is 0 Å². The van der Waals surface area contributed by atoms with E-state index in [-0.39, 0.29) is 11.3 Å². The maximum atomic E-state index is 12.1. The molecule has 1 amide bonds. The second kappa shape index (κ2) is 4.97. The maximum absolute atomic E-state index is 12.1. The summed E-state index contributed by atoms with van der Waals surface area (Å²) >= 11 is 0. The van der Waals surface area contributed by atoms with E-state index in [0.717, 1.165) is 25.2 Å². The van der Waals surface area contributed by atoms with E-state index in [0.29, 0.717) is 24.9 Å². The topological polar surface area (TPSA) is 55.1 Å². The van der Waals surface area contributed by atoms with Crippen LogP contribution in [0.4, 0.5) is 0 Å². The summed E-state index contributed by atoms with van der Waals surface area (Å²) < 4.78 is 0. The van der Waals surface area contributed by atoms with Gasteiger partial charge in [0.1, 0.15) is 0 Å². The largest absolute Gasteiger partial charge is 0.353 e. The van der Waals surface area contributed by atoms with Crippen molar-refractivity contribution in [3.8, 4) is 0 Å². The van der Waals surface area contributed by atoms with Crippen LogP contribution in [-0.2, 0) is 4.79 Å². The van der Waals surface area contributed by atoms with Gasteiger partial charge >= 0.3 is 0 Å². The molecule has 2 saturated carbocycles. The predicted molar refractivity (Wildman–Crippen MR) is 69.4 cm³/mol. The standard InChI is InChI=1S/C14H26N2O/c1-10-4-5-12(11(10)2)16-13(17)8-14(9-15)6-3-7-14/h10-12H,3-9,15H2,1-2H3,(H,16,17). The second-order valence-corrected chi connectivity index (χ2v) is 6.32. The first kappa shape index (κ1) is 12.9. The molecule has 2 aliphatic carbocycles. The van der Waals surface area contributed by atoms with E-state index in [1.54, 1.807) is 0 Å². The third kappa shape index (κ3) is 2.65. The number of nitrogens with two attached hydrogens (primary N) is 1. The van der Waals surface area contributed by atoms with Crippen LogP contribution in [0.5, 0.6) is 0 Å². The van der Waals surface area contributed by atoms with Gasteiger partial charge in [-0.1, -0.05) is 20.3 Å². The highest BCUT2D eigenvalue weighted by molar-refractivity contribution is 5.77. The molecule has 2 rings (SSSR count). The number of amides is 1. The molecule has 2 aliphatic rings. The predicted octanol–water partition coefficient (Wildman–Crippen LogP) is 2.06. The molecule has 0 aromatic heterocycles. The van der Waals surface area contributed by atoms with Gasteiger partial charge in [-0.2, -0.15) is 0 Å². The lowest BCUT2D eigenvalue weighted by Crippen LogP contribution is -2.45. The molecule has 0 aliphatic heterocycles. The van der Waals surface area contributed by atoms with Crippen molar-refractivity contribution in [3.63, 3.8) is 0 Å². The van der Waals surface area contributed by atoms with Gasteiger partial charge in [-0.3, -0.25) is 4.79 Å². The fraction of sp³-hybridized carbons (Fsp3) is 0.929. The number of carbonyl (C=O) groups is 1. The van der Waals surface area contributed by atoms with E-state index in [9.17, 15) is 4.79 Å². The number of rotatable bonds is 4. The van der Waals surface area contributed by atoms with Crippen LogP contribution in [0.3, 0.4) is 0 Å². The molecule has 3 atom stereocenters. The first-order valence-electron chi connectivity index (χ1n) is 7.06. The molecule has 3 heteroatoms. The van der Waals surface area contributed by atoms with E-state index in [1.165, 1.54) is 12.8 Å². The zero-order chi connectivity index (χ0) is 12.5. The number of hydrogen-bond donors (Lipinski definition) is 2. The summed E-state index contributed by atoms with van der Waals surface area (Å²) in [5.41, 5.74) is 5.93. The van der Waals surface area contributed by atoms with Crippen LogP contribution in [0.25, 0.3) is 0 Å². The lowest BCUT2D eigenvalue weighted by atomic mass is 9.66. The molecule has 3 unspecified atom stereocenters. The van der Waals surface area contributed by atoms with E-state index in [2.05, 4.69) is 19.2 Å². The summed E-state index contributed by atoms with van der Waals surface area (Å²) in [5, 5.41) is 3.22. The maximum Gasteiger partial charge on any atom is 0.220 e. The minimum absolute atomic E-state index is 0.136. The Morgan fingerprint density at radius 2 is 2.06 bits per heavy atom. The highest BCUT2D eigenvalue weighted by Crippen LogP contribution is 2.43. The molecule has 0 aromatic rings. The Balaban J connectivity index is 1.81. The highest BCUT2D eigenvalue weighted by Gasteiger charge is 2.38. The van der Waals surface area contributed by atoms with Gasteiger partial charge in [-0.15, -0.1) is 0 Å². The fourth-order valence-electron chi connectivity index (χ4n) is 3.30. The third-order valence-corrected chi connectivity index (χ3v) is 5.19. The van der Waals surface area contributed by atoms with Crippen LogP contribution in [0.15, 0.2) is 0 Å². The Bertz CT molecular complexity index is 280.